The van der Waals surface area contributed by atoms with E-state index in [1.54, 1.807) is 6.20 Å². The first kappa shape index (κ1) is 20.6. The number of fused-ring (bicyclic) bond motifs is 4. The van der Waals surface area contributed by atoms with E-state index in [0.717, 1.165) is 48.3 Å². The molecule has 2 saturated carbocycles. The molecular formula is C27H31N5O. The first-order valence-corrected chi connectivity index (χ1v) is 12.5. The zero-order valence-electron chi connectivity index (χ0n) is 19.3. The number of carbonyl (C=O) groups is 1. The predicted octanol–water partition coefficient (Wildman–Crippen LogP) is 5.53. The van der Waals surface area contributed by atoms with Crippen LogP contribution in [0.25, 0.3) is 11.4 Å². The van der Waals surface area contributed by atoms with E-state index in [0.29, 0.717) is 11.7 Å². The molecule has 1 aliphatic heterocycles. The average Bonchev–Trinajstić information content (AvgIpc) is 3.31. The lowest BCUT2D eigenvalue weighted by Gasteiger charge is -2.55. The third kappa shape index (κ3) is 3.30. The molecule has 0 saturated heterocycles. The second-order valence-corrected chi connectivity index (χ2v) is 10.1. The molecule has 2 aliphatic carbocycles. The van der Waals surface area contributed by atoms with Crippen LogP contribution in [0.15, 0.2) is 48.8 Å². The van der Waals surface area contributed by atoms with Gasteiger partial charge in [0.2, 0.25) is 5.95 Å². The van der Waals surface area contributed by atoms with Crippen LogP contribution in [-0.4, -0.2) is 31.7 Å². The third-order valence-electron chi connectivity index (χ3n) is 8.10. The van der Waals surface area contributed by atoms with Crippen molar-refractivity contribution in [1.29, 1.82) is 0 Å². The summed E-state index contributed by atoms with van der Waals surface area (Å²) in [6.45, 7) is 2.04. The number of nitrogens with zero attached hydrogens (tertiary/aromatic N) is 5. The maximum absolute atomic E-state index is 14.0. The van der Waals surface area contributed by atoms with E-state index in [-0.39, 0.29) is 17.5 Å². The molecule has 1 spiro atoms. The molecule has 0 bridgehead atoms. The number of hydrogen-bond donors (Lipinski definition) is 0. The van der Waals surface area contributed by atoms with Gasteiger partial charge >= 0.3 is 0 Å². The maximum Gasteiger partial charge on any atom is 0.260 e. The van der Waals surface area contributed by atoms with Crippen molar-refractivity contribution in [3.63, 3.8) is 0 Å². The van der Waals surface area contributed by atoms with Gasteiger partial charge in [-0.2, -0.15) is 4.98 Å². The molecule has 0 N–H and O–H groups in total. The zero-order chi connectivity index (χ0) is 22.4. The van der Waals surface area contributed by atoms with E-state index in [1.807, 2.05) is 54.4 Å². The van der Waals surface area contributed by atoms with Crippen LogP contribution in [0.1, 0.15) is 73.7 Å². The molecule has 6 nitrogen and oxygen atoms in total. The second-order valence-electron chi connectivity index (χ2n) is 10.1. The third-order valence-corrected chi connectivity index (χ3v) is 8.10. The summed E-state index contributed by atoms with van der Waals surface area (Å²) in [7, 11) is 0. The van der Waals surface area contributed by atoms with Crippen LogP contribution in [0.2, 0.25) is 0 Å². The average molecular weight is 442 g/mol. The van der Waals surface area contributed by atoms with Gasteiger partial charge in [-0.15, -0.1) is 5.10 Å². The van der Waals surface area contributed by atoms with Gasteiger partial charge in [0, 0.05) is 35.5 Å². The Kier molecular flexibility index (Phi) is 5.04. The molecule has 3 aliphatic rings. The predicted molar refractivity (Wildman–Crippen MR) is 128 cm³/mol. The fourth-order valence-electron chi connectivity index (χ4n) is 6.63. The summed E-state index contributed by atoms with van der Waals surface area (Å²) >= 11 is 0. The van der Waals surface area contributed by atoms with Crippen molar-refractivity contribution in [3.8, 4) is 11.4 Å². The van der Waals surface area contributed by atoms with Gasteiger partial charge in [-0.1, -0.05) is 49.8 Å². The van der Waals surface area contributed by atoms with Crippen molar-refractivity contribution < 1.29 is 4.79 Å². The molecule has 2 aromatic heterocycles. The molecule has 3 aromatic rings. The van der Waals surface area contributed by atoms with Crippen molar-refractivity contribution in [1.82, 2.24) is 19.7 Å². The fraction of sp³-hybridized carbons (Fsp3) is 0.481. The Morgan fingerprint density at radius 3 is 2.67 bits per heavy atom. The lowest BCUT2D eigenvalue weighted by atomic mass is 9.64. The minimum absolute atomic E-state index is 0.0322. The number of amides is 1. The number of rotatable bonds is 2. The number of aromatic nitrogens is 4. The lowest BCUT2D eigenvalue weighted by molar-refractivity contribution is 0.0314. The SMILES string of the molecule is Cc1cccc(C(=O)N2c3nc(-c4cccnc4)nn3C3(CCCCC3)C3CCCCC32)c1. The largest absolute Gasteiger partial charge is 0.273 e. The topological polar surface area (TPSA) is 63.9 Å². The van der Waals surface area contributed by atoms with Crippen LogP contribution >= 0.6 is 0 Å². The highest BCUT2D eigenvalue weighted by molar-refractivity contribution is 6.06. The summed E-state index contributed by atoms with van der Waals surface area (Å²) in [4.78, 5) is 25.3. The Hall–Kier alpha value is -3.02. The monoisotopic (exact) mass is 441 g/mol. The molecule has 1 aromatic carbocycles. The number of carbonyl (C=O) groups excluding carboxylic acids is 1. The van der Waals surface area contributed by atoms with E-state index in [9.17, 15) is 4.79 Å². The quantitative estimate of drug-likeness (QED) is 0.525. The van der Waals surface area contributed by atoms with Crippen LogP contribution in [0.4, 0.5) is 5.95 Å². The van der Waals surface area contributed by atoms with Gasteiger partial charge in [0.05, 0.1) is 5.54 Å². The molecule has 6 rings (SSSR count). The molecular weight excluding hydrogens is 410 g/mol. The van der Waals surface area contributed by atoms with Gasteiger partial charge in [0.15, 0.2) is 5.82 Å². The molecule has 1 amide bonds. The smallest absolute Gasteiger partial charge is 0.260 e. The summed E-state index contributed by atoms with van der Waals surface area (Å²) in [5.41, 5.74) is 2.70. The molecule has 3 heterocycles. The van der Waals surface area contributed by atoms with Crippen molar-refractivity contribution >= 4 is 11.9 Å². The van der Waals surface area contributed by atoms with E-state index >= 15 is 0 Å². The first-order chi connectivity index (χ1) is 16.2. The van der Waals surface area contributed by atoms with E-state index in [2.05, 4.69) is 9.67 Å². The Morgan fingerprint density at radius 2 is 1.88 bits per heavy atom. The summed E-state index contributed by atoms with van der Waals surface area (Å²) in [5, 5.41) is 5.10. The standard InChI is InChI=1S/C27H31N5O/c1-19-9-7-10-20(17-19)25(33)31-23-13-4-3-12-22(23)27(14-5-2-6-15-27)32-26(31)29-24(30-32)21-11-8-16-28-18-21/h7-11,16-18,22-23H,2-6,12-15H2,1H3. The van der Waals surface area contributed by atoms with E-state index in [4.69, 9.17) is 10.1 Å². The van der Waals surface area contributed by atoms with Crippen molar-refractivity contribution in [2.45, 2.75) is 76.3 Å². The summed E-state index contributed by atoms with van der Waals surface area (Å²) < 4.78 is 2.18. The van der Waals surface area contributed by atoms with Crippen molar-refractivity contribution in [3.05, 3.63) is 59.9 Å². The highest BCUT2D eigenvalue weighted by Crippen LogP contribution is 2.53. The Bertz CT molecular complexity index is 1160. The molecule has 2 fully saturated rings. The minimum atomic E-state index is -0.0322. The normalized spacial score (nSPS) is 23.7. The zero-order valence-corrected chi connectivity index (χ0v) is 19.3. The van der Waals surface area contributed by atoms with E-state index < -0.39 is 0 Å². The van der Waals surface area contributed by atoms with Gasteiger partial charge in [0.25, 0.3) is 5.91 Å². The van der Waals surface area contributed by atoms with Gasteiger partial charge in [-0.25, -0.2) is 4.68 Å². The number of pyridine rings is 1. The van der Waals surface area contributed by atoms with Crippen molar-refractivity contribution in [2.24, 2.45) is 5.92 Å². The Balaban J connectivity index is 1.55. The number of anilines is 1. The minimum Gasteiger partial charge on any atom is -0.273 e. The maximum atomic E-state index is 14.0. The van der Waals surface area contributed by atoms with Crippen LogP contribution < -0.4 is 4.90 Å². The first-order valence-electron chi connectivity index (χ1n) is 12.5. The Morgan fingerprint density at radius 1 is 1.03 bits per heavy atom. The van der Waals surface area contributed by atoms with Gasteiger partial charge in [-0.3, -0.25) is 14.7 Å². The summed E-state index contributed by atoms with van der Waals surface area (Å²) in [5.74, 6) is 1.87. The molecule has 2 atom stereocenters. The van der Waals surface area contributed by atoms with Gasteiger partial charge in [-0.05, 0) is 56.9 Å². The molecule has 0 radical (unpaired) electrons. The number of aryl methyl sites for hydroxylation is 1. The lowest BCUT2D eigenvalue weighted by Crippen LogP contribution is -2.61. The van der Waals surface area contributed by atoms with Crippen LogP contribution in [0, 0.1) is 12.8 Å². The summed E-state index contributed by atoms with van der Waals surface area (Å²) in [6.07, 6.45) is 14.2. The van der Waals surface area contributed by atoms with Gasteiger partial charge < -0.3 is 0 Å². The molecule has 170 valence electrons. The highest BCUT2D eigenvalue weighted by Gasteiger charge is 2.55. The molecule has 6 heteroatoms. The van der Waals surface area contributed by atoms with Crippen LogP contribution in [0.3, 0.4) is 0 Å². The molecule has 33 heavy (non-hydrogen) atoms. The Labute approximate surface area is 195 Å². The van der Waals surface area contributed by atoms with Crippen LogP contribution in [0.5, 0.6) is 0 Å². The number of benzene rings is 1. The van der Waals surface area contributed by atoms with E-state index in [1.165, 1.54) is 32.1 Å². The van der Waals surface area contributed by atoms with Crippen molar-refractivity contribution in [2.75, 3.05) is 4.90 Å². The summed E-state index contributed by atoms with van der Waals surface area (Å²) in [6, 6.07) is 12.0. The fourth-order valence-corrected chi connectivity index (χ4v) is 6.63. The van der Waals surface area contributed by atoms with Crippen LogP contribution in [-0.2, 0) is 5.54 Å². The van der Waals surface area contributed by atoms with Gasteiger partial charge in [0.1, 0.15) is 0 Å². The molecule has 2 unspecified atom stereocenters. The number of hydrogen-bond acceptors (Lipinski definition) is 4. The highest BCUT2D eigenvalue weighted by atomic mass is 16.2. The second kappa shape index (κ2) is 8.08.